The quantitative estimate of drug-likeness (QED) is 0.801. The maximum Gasteiger partial charge on any atom is 0.189 e. The summed E-state index contributed by atoms with van der Waals surface area (Å²) in [7, 11) is -1.36. The lowest BCUT2D eigenvalue weighted by Crippen LogP contribution is -2.00. The Morgan fingerprint density at radius 3 is 2.75 bits per heavy atom. The lowest BCUT2D eigenvalue weighted by Gasteiger charge is -1.92. The summed E-state index contributed by atoms with van der Waals surface area (Å²) in [6.07, 6.45) is 1.38. The third-order valence-electron chi connectivity index (χ3n) is 1.38. The first-order valence-electron chi connectivity index (χ1n) is 3.46. The van der Waals surface area contributed by atoms with E-state index in [4.69, 9.17) is 0 Å². The third-order valence-corrected chi connectivity index (χ3v) is 4.68. The molecule has 1 rings (SSSR count). The normalized spacial score (nSPS) is 11.5. The largest absolute Gasteiger partial charge is 0.365 e. The number of anilines is 1. The lowest BCUT2D eigenvalue weighted by atomic mass is 11.0. The number of nitrogens with zero attached hydrogens (tertiary/aromatic N) is 1. The van der Waals surface area contributed by atoms with Crippen LogP contribution in [0, 0.1) is 0 Å². The smallest absolute Gasteiger partial charge is 0.189 e. The Labute approximate surface area is 75.6 Å². The second kappa shape index (κ2) is 3.40. The number of hydrogen-bond donors (Lipinski definition) is 1. The average molecular weight is 206 g/mol. The highest BCUT2D eigenvalue weighted by Crippen LogP contribution is 2.22. The van der Waals surface area contributed by atoms with E-state index in [2.05, 4.69) is 10.3 Å². The average Bonchev–Trinajstić information content (AvgIpc) is 2.52. The van der Waals surface area contributed by atoms with Crippen molar-refractivity contribution in [3.63, 3.8) is 0 Å². The predicted molar refractivity (Wildman–Crippen MR) is 49.4 cm³/mol. The van der Waals surface area contributed by atoms with E-state index in [-0.39, 0.29) is 5.75 Å². The fourth-order valence-electron chi connectivity index (χ4n) is 0.661. The molecule has 0 unspecified atom stereocenters. The molecule has 0 saturated heterocycles. The number of nitrogens with one attached hydrogen (secondary N) is 1. The summed E-state index contributed by atoms with van der Waals surface area (Å²) < 4.78 is 22.9. The van der Waals surface area contributed by atoms with Crippen molar-refractivity contribution >= 4 is 26.3 Å². The molecule has 12 heavy (non-hydrogen) atoms. The van der Waals surface area contributed by atoms with Gasteiger partial charge < -0.3 is 5.32 Å². The predicted octanol–water partition coefficient (Wildman–Crippen LogP) is 0.978. The fraction of sp³-hybridized carbons (Fsp3) is 0.500. The Balaban J connectivity index is 3.05. The summed E-state index contributed by atoms with van der Waals surface area (Å²) in [4.78, 5) is 3.88. The first kappa shape index (κ1) is 9.47. The zero-order chi connectivity index (χ0) is 9.19. The van der Waals surface area contributed by atoms with Crippen molar-refractivity contribution < 1.29 is 8.42 Å². The molecule has 0 aliphatic carbocycles. The molecule has 0 aromatic carbocycles. The molecule has 0 amide bonds. The van der Waals surface area contributed by atoms with E-state index in [0.29, 0.717) is 9.34 Å². The minimum absolute atomic E-state index is 0.123. The number of hydrogen-bond acceptors (Lipinski definition) is 5. The molecule has 0 saturated carbocycles. The van der Waals surface area contributed by atoms with Gasteiger partial charge in [-0.25, -0.2) is 13.4 Å². The topological polar surface area (TPSA) is 59.1 Å². The van der Waals surface area contributed by atoms with Crippen LogP contribution in [0.15, 0.2) is 10.4 Å². The van der Waals surface area contributed by atoms with Gasteiger partial charge in [0.2, 0.25) is 0 Å². The van der Waals surface area contributed by atoms with E-state index in [1.807, 2.05) is 0 Å². The Morgan fingerprint density at radius 2 is 2.33 bits per heavy atom. The molecule has 1 heterocycles. The highest BCUT2D eigenvalue weighted by Gasteiger charge is 2.14. The standard InChI is InChI=1S/C6H10N2O2S2/c1-3-12(9,10)5-4-8-6(7-2)11-5/h4H,3H2,1-2H3,(H,7,8). The van der Waals surface area contributed by atoms with Crippen LogP contribution in [0.2, 0.25) is 0 Å². The SMILES string of the molecule is CCS(=O)(=O)c1cnc(NC)s1. The molecule has 4 nitrogen and oxygen atoms in total. The van der Waals surface area contributed by atoms with Crippen LogP contribution in [0.3, 0.4) is 0 Å². The second-order valence-corrected chi connectivity index (χ2v) is 5.67. The van der Waals surface area contributed by atoms with Crippen molar-refractivity contribution in [3.8, 4) is 0 Å². The molecule has 0 radical (unpaired) electrons. The lowest BCUT2D eigenvalue weighted by molar-refractivity contribution is 0.599. The zero-order valence-electron chi connectivity index (χ0n) is 6.86. The second-order valence-electron chi connectivity index (χ2n) is 2.14. The molecule has 1 aromatic heterocycles. The summed E-state index contributed by atoms with van der Waals surface area (Å²) in [6, 6.07) is 0. The van der Waals surface area contributed by atoms with Gasteiger partial charge in [-0.05, 0) is 0 Å². The molecule has 1 aromatic rings. The molecule has 0 bridgehead atoms. The van der Waals surface area contributed by atoms with Crippen LogP contribution < -0.4 is 5.32 Å². The maximum atomic E-state index is 11.3. The number of rotatable bonds is 3. The van der Waals surface area contributed by atoms with Crippen LogP contribution in [0.1, 0.15) is 6.92 Å². The van der Waals surface area contributed by atoms with Crippen molar-refractivity contribution in [2.45, 2.75) is 11.1 Å². The van der Waals surface area contributed by atoms with Crippen LogP contribution in [-0.4, -0.2) is 26.2 Å². The van der Waals surface area contributed by atoms with Gasteiger partial charge in [-0.3, -0.25) is 0 Å². The van der Waals surface area contributed by atoms with Crippen LogP contribution in [0.5, 0.6) is 0 Å². The van der Waals surface area contributed by atoms with Gasteiger partial charge in [0.1, 0.15) is 4.21 Å². The van der Waals surface area contributed by atoms with E-state index in [0.717, 1.165) is 11.3 Å². The molecule has 0 fully saturated rings. The Bertz CT molecular complexity index is 355. The van der Waals surface area contributed by atoms with Crippen molar-refractivity contribution in [2.24, 2.45) is 0 Å². The minimum atomic E-state index is -3.07. The van der Waals surface area contributed by atoms with Gasteiger partial charge >= 0.3 is 0 Å². The van der Waals surface area contributed by atoms with E-state index < -0.39 is 9.84 Å². The maximum absolute atomic E-state index is 11.3. The molecule has 0 spiro atoms. The van der Waals surface area contributed by atoms with Gasteiger partial charge in [-0.1, -0.05) is 18.3 Å². The van der Waals surface area contributed by atoms with Gasteiger partial charge in [-0.15, -0.1) is 0 Å². The summed E-state index contributed by atoms with van der Waals surface area (Å²) in [5, 5.41) is 3.41. The van der Waals surface area contributed by atoms with Crippen molar-refractivity contribution in [3.05, 3.63) is 6.20 Å². The molecule has 0 aliphatic heterocycles. The number of aromatic nitrogens is 1. The van der Waals surface area contributed by atoms with Crippen LogP contribution in [-0.2, 0) is 9.84 Å². The molecule has 0 aliphatic rings. The fourth-order valence-corrected chi connectivity index (χ4v) is 2.76. The first-order chi connectivity index (χ1) is 5.60. The molecule has 1 N–H and O–H groups in total. The molecule has 6 heteroatoms. The molecular weight excluding hydrogens is 196 g/mol. The van der Waals surface area contributed by atoms with E-state index >= 15 is 0 Å². The molecule has 68 valence electrons. The van der Waals surface area contributed by atoms with Gasteiger partial charge in [0.05, 0.1) is 11.9 Å². The Kier molecular flexibility index (Phi) is 2.69. The highest BCUT2D eigenvalue weighted by molar-refractivity contribution is 7.93. The van der Waals surface area contributed by atoms with Gasteiger partial charge in [-0.2, -0.15) is 0 Å². The van der Waals surface area contributed by atoms with Crippen molar-refractivity contribution in [1.29, 1.82) is 0 Å². The first-order valence-corrected chi connectivity index (χ1v) is 5.93. The zero-order valence-corrected chi connectivity index (χ0v) is 8.50. The molecule has 0 atom stereocenters. The Morgan fingerprint density at radius 1 is 1.67 bits per heavy atom. The molecular formula is C6H10N2O2S2. The van der Waals surface area contributed by atoms with Crippen LogP contribution >= 0.6 is 11.3 Å². The van der Waals surface area contributed by atoms with Gasteiger partial charge in [0.25, 0.3) is 0 Å². The van der Waals surface area contributed by atoms with Crippen molar-refractivity contribution in [1.82, 2.24) is 4.98 Å². The summed E-state index contributed by atoms with van der Waals surface area (Å²) in [5.74, 6) is 0.123. The van der Waals surface area contributed by atoms with E-state index in [9.17, 15) is 8.42 Å². The highest BCUT2D eigenvalue weighted by atomic mass is 32.2. The summed E-state index contributed by atoms with van der Waals surface area (Å²) in [6.45, 7) is 1.62. The summed E-state index contributed by atoms with van der Waals surface area (Å²) in [5.41, 5.74) is 0. The third kappa shape index (κ3) is 1.75. The van der Waals surface area contributed by atoms with Crippen LogP contribution in [0.4, 0.5) is 5.13 Å². The minimum Gasteiger partial charge on any atom is -0.365 e. The number of sulfone groups is 1. The van der Waals surface area contributed by atoms with Gasteiger partial charge in [0, 0.05) is 7.05 Å². The van der Waals surface area contributed by atoms with E-state index in [1.165, 1.54) is 6.20 Å². The van der Waals surface area contributed by atoms with E-state index in [1.54, 1.807) is 14.0 Å². The monoisotopic (exact) mass is 206 g/mol. The van der Waals surface area contributed by atoms with Crippen LogP contribution in [0.25, 0.3) is 0 Å². The summed E-state index contributed by atoms with van der Waals surface area (Å²) >= 11 is 1.15. The van der Waals surface area contributed by atoms with Gasteiger partial charge in [0.15, 0.2) is 15.0 Å². The number of thiazole rings is 1. The Hall–Kier alpha value is -0.620. The van der Waals surface area contributed by atoms with Crippen molar-refractivity contribution in [2.75, 3.05) is 18.1 Å².